The van der Waals surface area contributed by atoms with Gasteiger partial charge in [0.25, 0.3) is 0 Å². The highest BCUT2D eigenvalue weighted by atomic mass is 16.2. The second kappa shape index (κ2) is 7.75. The fourth-order valence-electron chi connectivity index (χ4n) is 2.81. The van der Waals surface area contributed by atoms with Crippen molar-refractivity contribution in [3.05, 3.63) is 17.6 Å². The molecule has 23 heavy (non-hydrogen) atoms. The molecular formula is C18H30N4O. The molecular weight excluding hydrogens is 288 g/mol. The number of carbonyl (C=O) groups is 1. The molecule has 0 atom stereocenters. The third kappa shape index (κ3) is 4.43. The second-order valence-corrected chi connectivity index (χ2v) is 6.97. The van der Waals surface area contributed by atoms with Gasteiger partial charge < -0.3 is 9.80 Å². The maximum absolute atomic E-state index is 12.5. The molecule has 1 saturated heterocycles. The molecule has 2 heterocycles. The lowest BCUT2D eigenvalue weighted by molar-refractivity contribution is -0.129. The summed E-state index contributed by atoms with van der Waals surface area (Å²) in [6.07, 6.45) is 2.00. The maximum atomic E-state index is 12.5. The summed E-state index contributed by atoms with van der Waals surface area (Å²) in [4.78, 5) is 26.0. The van der Waals surface area contributed by atoms with Crippen molar-refractivity contribution in [2.45, 2.75) is 59.3 Å². The van der Waals surface area contributed by atoms with Crippen LogP contribution in [-0.2, 0) is 4.79 Å². The number of carbonyl (C=O) groups excluding carboxylic acids is 1. The first-order valence-corrected chi connectivity index (χ1v) is 8.84. The number of hydrogen-bond donors (Lipinski definition) is 0. The third-order valence-corrected chi connectivity index (χ3v) is 4.21. The van der Waals surface area contributed by atoms with E-state index in [1.807, 2.05) is 4.90 Å². The molecule has 2 rings (SSSR count). The van der Waals surface area contributed by atoms with Gasteiger partial charge in [0.1, 0.15) is 11.6 Å². The Balaban J connectivity index is 2.28. The minimum absolute atomic E-state index is 0.208. The minimum Gasteiger partial charge on any atom is -0.347 e. The Labute approximate surface area is 140 Å². The quantitative estimate of drug-likeness (QED) is 0.836. The first kappa shape index (κ1) is 17.7. The molecule has 0 saturated carbocycles. The molecule has 0 aromatic carbocycles. The van der Waals surface area contributed by atoms with E-state index in [0.717, 1.165) is 49.8 Å². The Morgan fingerprint density at radius 2 is 1.87 bits per heavy atom. The Hall–Kier alpha value is -1.65. The number of aromatic nitrogens is 2. The van der Waals surface area contributed by atoms with Crippen molar-refractivity contribution in [3.63, 3.8) is 0 Å². The monoisotopic (exact) mass is 318 g/mol. The molecule has 1 aromatic heterocycles. The van der Waals surface area contributed by atoms with E-state index in [4.69, 9.17) is 4.98 Å². The molecule has 5 nitrogen and oxygen atoms in total. The Bertz CT molecular complexity index is 516. The highest BCUT2D eigenvalue weighted by molar-refractivity contribution is 5.81. The van der Waals surface area contributed by atoms with E-state index >= 15 is 0 Å². The van der Waals surface area contributed by atoms with E-state index in [1.54, 1.807) is 0 Å². The molecule has 1 fully saturated rings. The van der Waals surface area contributed by atoms with Crippen molar-refractivity contribution in [2.75, 3.05) is 31.1 Å². The number of rotatable bonds is 5. The number of anilines is 1. The topological polar surface area (TPSA) is 49.3 Å². The van der Waals surface area contributed by atoms with Crippen LogP contribution < -0.4 is 4.90 Å². The summed E-state index contributed by atoms with van der Waals surface area (Å²) in [7, 11) is 0. The predicted molar refractivity (Wildman–Crippen MR) is 93.9 cm³/mol. The van der Waals surface area contributed by atoms with E-state index in [0.29, 0.717) is 12.5 Å². The number of nitrogens with zero attached hydrogens (tertiary/aromatic N) is 4. The Morgan fingerprint density at radius 3 is 2.48 bits per heavy atom. The second-order valence-electron chi connectivity index (χ2n) is 6.97. The van der Waals surface area contributed by atoms with Gasteiger partial charge in [-0.05, 0) is 18.8 Å². The SMILES string of the molecule is CCCN1CCCN(c2cc(C(C)C)nc(C(C)C)n2)CC1=O. The summed E-state index contributed by atoms with van der Waals surface area (Å²) in [6, 6.07) is 2.05. The Morgan fingerprint density at radius 1 is 1.13 bits per heavy atom. The highest BCUT2D eigenvalue weighted by Crippen LogP contribution is 2.23. The lowest BCUT2D eigenvalue weighted by atomic mass is 10.1. The summed E-state index contributed by atoms with van der Waals surface area (Å²) in [5.41, 5.74) is 1.06. The van der Waals surface area contributed by atoms with Crippen molar-refractivity contribution in [1.82, 2.24) is 14.9 Å². The lowest BCUT2D eigenvalue weighted by Crippen LogP contribution is -2.37. The van der Waals surface area contributed by atoms with Gasteiger partial charge in [-0.15, -0.1) is 0 Å². The van der Waals surface area contributed by atoms with Gasteiger partial charge in [0.15, 0.2) is 0 Å². The van der Waals surface area contributed by atoms with Crippen LogP contribution in [0.2, 0.25) is 0 Å². The molecule has 0 radical (unpaired) electrons. The first-order chi connectivity index (χ1) is 10.9. The molecule has 0 N–H and O–H groups in total. The first-order valence-electron chi connectivity index (χ1n) is 8.84. The van der Waals surface area contributed by atoms with Crippen LogP contribution in [0.4, 0.5) is 5.82 Å². The van der Waals surface area contributed by atoms with Gasteiger partial charge in [0, 0.05) is 37.3 Å². The molecule has 0 spiro atoms. The smallest absolute Gasteiger partial charge is 0.242 e. The van der Waals surface area contributed by atoms with E-state index in [1.165, 1.54) is 0 Å². The molecule has 1 aromatic rings. The van der Waals surface area contributed by atoms with Crippen LogP contribution >= 0.6 is 0 Å². The number of amides is 1. The van der Waals surface area contributed by atoms with Crippen LogP contribution in [0, 0.1) is 0 Å². The average Bonchev–Trinajstić information content (AvgIpc) is 2.69. The van der Waals surface area contributed by atoms with Gasteiger partial charge in [-0.25, -0.2) is 9.97 Å². The zero-order valence-corrected chi connectivity index (χ0v) is 15.2. The third-order valence-electron chi connectivity index (χ3n) is 4.21. The van der Waals surface area contributed by atoms with Crippen molar-refractivity contribution in [2.24, 2.45) is 0 Å². The average molecular weight is 318 g/mol. The van der Waals surface area contributed by atoms with Gasteiger partial charge in [0.05, 0.1) is 6.54 Å². The molecule has 0 bridgehead atoms. The summed E-state index contributed by atoms with van der Waals surface area (Å²) in [6.45, 7) is 13.6. The van der Waals surface area contributed by atoms with E-state index < -0.39 is 0 Å². The van der Waals surface area contributed by atoms with Crippen LogP contribution in [-0.4, -0.2) is 47.0 Å². The van der Waals surface area contributed by atoms with Crippen molar-refractivity contribution in [1.29, 1.82) is 0 Å². The van der Waals surface area contributed by atoms with Crippen molar-refractivity contribution >= 4 is 11.7 Å². The fraction of sp³-hybridized carbons (Fsp3) is 0.722. The van der Waals surface area contributed by atoms with E-state index in [-0.39, 0.29) is 11.8 Å². The van der Waals surface area contributed by atoms with Crippen LogP contribution in [0.1, 0.15) is 70.8 Å². The zero-order valence-electron chi connectivity index (χ0n) is 15.2. The zero-order chi connectivity index (χ0) is 17.0. The van der Waals surface area contributed by atoms with Crippen LogP contribution in [0.25, 0.3) is 0 Å². The molecule has 0 aliphatic carbocycles. The fourth-order valence-corrected chi connectivity index (χ4v) is 2.81. The highest BCUT2D eigenvalue weighted by Gasteiger charge is 2.23. The van der Waals surface area contributed by atoms with Crippen LogP contribution in [0.15, 0.2) is 6.07 Å². The molecule has 5 heteroatoms. The molecule has 0 unspecified atom stereocenters. The summed E-state index contributed by atoms with van der Waals surface area (Å²) in [5, 5.41) is 0. The van der Waals surface area contributed by atoms with Crippen LogP contribution in [0.5, 0.6) is 0 Å². The molecule has 1 aliphatic rings. The molecule has 1 aliphatic heterocycles. The van der Waals surface area contributed by atoms with Gasteiger partial charge in [-0.2, -0.15) is 0 Å². The molecule has 128 valence electrons. The van der Waals surface area contributed by atoms with Gasteiger partial charge in [-0.3, -0.25) is 4.79 Å². The summed E-state index contributed by atoms with van der Waals surface area (Å²) >= 11 is 0. The number of hydrogen-bond acceptors (Lipinski definition) is 4. The predicted octanol–water partition coefficient (Wildman–Crippen LogP) is 3.17. The summed E-state index contributed by atoms with van der Waals surface area (Å²) < 4.78 is 0. The largest absolute Gasteiger partial charge is 0.347 e. The van der Waals surface area contributed by atoms with Gasteiger partial charge >= 0.3 is 0 Å². The van der Waals surface area contributed by atoms with Crippen molar-refractivity contribution < 1.29 is 4.79 Å². The van der Waals surface area contributed by atoms with E-state index in [9.17, 15) is 4.79 Å². The molecule has 1 amide bonds. The van der Waals surface area contributed by atoms with Gasteiger partial charge in [0.2, 0.25) is 5.91 Å². The Kier molecular flexibility index (Phi) is 5.97. The minimum atomic E-state index is 0.208. The summed E-state index contributed by atoms with van der Waals surface area (Å²) in [5.74, 6) is 2.62. The van der Waals surface area contributed by atoms with Crippen molar-refractivity contribution in [3.8, 4) is 0 Å². The van der Waals surface area contributed by atoms with Crippen LogP contribution in [0.3, 0.4) is 0 Å². The normalized spacial score (nSPS) is 16.4. The maximum Gasteiger partial charge on any atom is 0.242 e. The van der Waals surface area contributed by atoms with E-state index in [2.05, 4.69) is 50.6 Å². The lowest BCUT2D eigenvalue weighted by Gasteiger charge is -2.23. The van der Waals surface area contributed by atoms with Gasteiger partial charge in [-0.1, -0.05) is 34.6 Å². The standard InChI is InChI=1S/C18H30N4O/c1-6-8-21-9-7-10-22(12-17(21)23)16-11-15(13(2)3)19-18(20-16)14(4)5/h11,13-14H,6-10,12H2,1-5H3.